The first-order valence-electron chi connectivity index (χ1n) is 7.79. The van der Waals surface area contributed by atoms with E-state index in [4.69, 9.17) is 27.9 Å². The molecule has 25 heavy (non-hydrogen) atoms. The van der Waals surface area contributed by atoms with Gasteiger partial charge in [-0.1, -0.05) is 29.3 Å². The molecule has 1 aliphatic rings. The molecule has 0 radical (unpaired) electrons. The lowest BCUT2D eigenvalue weighted by Crippen LogP contribution is -2.40. The average molecular weight is 379 g/mol. The predicted molar refractivity (Wildman–Crippen MR) is 97.6 cm³/mol. The lowest BCUT2D eigenvalue weighted by atomic mass is 10.1. The molecule has 0 aromatic heterocycles. The highest BCUT2D eigenvalue weighted by Crippen LogP contribution is 2.29. The summed E-state index contributed by atoms with van der Waals surface area (Å²) in [5, 5.41) is 3.37. The molecule has 0 atom stereocenters. The molecule has 0 unspecified atom stereocenters. The van der Waals surface area contributed by atoms with E-state index in [2.05, 4.69) is 5.32 Å². The van der Waals surface area contributed by atoms with Crippen molar-refractivity contribution in [2.24, 2.45) is 0 Å². The maximum Gasteiger partial charge on any atom is 0.255 e. The number of nitrogens with one attached hydrogen (secondary N) is 1. The van der Waals surface area contributed by atoms with E-state index in [9.17, 15) is 9.59 Å². The molecule has 1 heterocycles. The Morgan fingerprint density at radius 1 is 0.960 bits per heavy atom. The third kappa shape index (κ3) is 4.12. The Morgan fingerprint density at radius 3 is 2.28 bits per heavy atom. The van der Waals surface area contributed by atoms with Crippen molar-refractivity contribution in [3.05, 3.63) is 63.6 Å². The minimum absolute atomic E-state index is 0.0619. The fourth-order valence-corrected chi connectivity index (χ4v) is 2.86. The fourth-order valence-electron chi connectivity index (χ4n) is 2.51. The van der Waals surface area contributed by atoms with Crippen LogP contribution in [-0.2, 0) is 4.74 Å². The molecular weight excluding hydrogens is 363 g/mol. The SMILES string of the molecule is O=C(Nc1cccc(Cl)c1Cl)c1ccc(C(=O)N2CCOCC2)cc1. The van der Waals surface area contributed by atoms with Gasteiger partial charge in [-0.25, -0.2) is 0 Å². The van der Waals surface area contributed by atoms with Crippen molar-refractivity contribution in [2.75, 3.05) is 31.6 Å². The molecule has 130 valence electrons. The number of morpholine rings is 1. The van der Waals surface area contributed by atoms with Gasteiger partial charge in [-0.2, -0.15) is 0 Å². The van der Waals surface area contributed by atoms with Crippen molar-refractivity contribution in [3.8, 4) is 0 Å². The quantitative estimate of drug-likeness (QED) is 0.885. The normalized spacial score (nSPS) is 14.2. The van der Waals surface area contributed by atoms with Gasteiger partial charge < -0.3 is 15.0 Å². The van der Waals surface area contributed by atoms with Gasteiger partial charge in [0.05, 0.1) is 28.9 Å². The zero-order valence-corrected chi connectivity index (χ0v) is 14.8. The monoisotopic (exact) mass is 378 g/mol. The highest BCUT2D eigenvalue weighted by atomic mass is 35.5. The van der Waals surface area contributed by atoms with E-state index in [1.54, 1.807) is 47.4 Å². The van der Waals surface area contributed by atoms with Gasteiger partial charge in [0.2, 0.25) is 0 Å². The van der Waals surface area contributed by atoms with E-state index >= 15 is 0 Å². The van der Waals surface area contributed by atoms with Crippen LogP contribution in [0, 0.1) is 0 Å². The largest absolute Gasteiger partial charge is 0.378 e. The summed E-state index contributed by atoms with van der Waals surface area (Å²) in [4.78, 5) is 26.5. The van der Waals surface area contributed by atoms with E-state index in [1.807, 2.05) is 0 Å². The molecule has 2 amide bonds. The van der Waals surface area contributed by atoms with E-state index < -0.39 is 0 Å². The number of ether oxygens (including phenoxy) is 1. The number of amides is 2. The van der Waals surface area contributed by atoms with E-state index in [-0.39, 0.29) is 16.8 Å². The molecular formula is C18H16Cl2N2O3. The van der Waals surface area contributed by atoms with Crippen LogP contribution in [0.4, 0.5) is 5.69 Å². The van der Waals surface area contributed by atoms with Crippen molar-refractivity contribution >= 4 is 40.7 Å². The van der Waals surface area contributed by atoms with Gasteiger partial charge in [-0.3, -0.25) is 9.59 Å². The lowest BCUT2D eigenvalue weighted by Gasteiger charge is -2.26. The number of nitrogens with zero attached hydrogens (tertiary/aromatic N) is 1. The van der Waals surface area contributed by atoms with Gasteiger partial charge in [-0.05, 0) is 36.4 Å². The molecule has 2 aromatic carbocycles. The third-order valence-corrected chi connectivity index (χ3v) is 4.71. The Balaban J connectivity index is 1.70. The molecule has 0 aliphatic carbocycles. The average Bonchev–Trinajstić information content (AvgIpc) is 2.65. The van der Waals surface area contributed by atoms with Crippen LogP contribution in [-0.4, -0.2) is 43.0 Å². The number of anilines is 1. The summed E-state index contributed by atoms with van der Waals surface area (Å²) in [7, 11) is 0. The second-order valence-corrected chi connectivity index (χ2v) is 6.32. The Morgan fingerprint density at radius 2 is 1.60 bits per heavy atom. The number of hydrogen-bond acceptors (Lipinski definition) is 3. The Bertz CT molecular complexity index is 787. The summed E-state index contributed by atoms with van der Waals surface area (Å²) in [5.41, 5.74) is 1.40. The summed E-state index contributed by atoms with van der Waals surface area (Å²) in [5.74, 6) is -0.386. The minimum atomic E-state index is -0.325. The van der Waals surface area contributed by atoms with Crippen LogP contribution in [0.3, 0.4) is 0 Å². The van der Waals surface area contributed by atoms with Gasteiger partial charge in [0, 0.05) is 24.2 Å². The zero-order valence-electron chi connectivity index (χ0n) is 13.3. The zero-order chi connectivity index (χ0) is 17.8. The summed E-state index contributed by atoms with van der Waals surface area (Å²) in [6, 6.07) is 11.5. The van der Waals surface area contributed by atoms with Crippen LogP contribution in [0.25, 0.3) is 0 Å². The van der Waals surface area contributed by atoms with E-state index in [0.717, 1.165) is 0 Å². The number of benzene rings is 2. The fraction of sp³-hybridized carbons (Fsp3) is 0.222. The summed E-state index contributed by atoms with van der Waals surface area (Å²) < 4.78 is 5.24. The number of carbonyl (C=O) groups excluding carboxylic acids is 2. The van der Waals surface area contributed by atoms with Gasteiger partial charge >= 0.3 is 0 Å². The molecule has 7 heteroatoms. The molecule has 3 rings (SSSR count). The van der Waals surface area contributed by atoms with Crippen molar-refractivity contribution in [1.82, 2.24) is 4.90 Å². The summed E-state index contributed by atoms with van der Waals surface area (Å²) in [6.07, 6.45) is 0. The molecule has 5 nitrogen and oxygen atoms in total. The topological polar surface area (TPSA) is 58.6 Å². The number of halogens is 2. The lowest BCUT2D eigenvalue weighted by molar-refractivity contribution is 0.0303. The van der Waals surface area contributed by atoms with Crippen molar-refractivity contribution < 1.29 is 14.3 Å². The van der Waals surface area contributed by atoms with Gasteiger partial charge in [0.25, 0.3) is 11.8 Å². The van der Waals surface area contributed by atoms with Crippen LogP contribution < -0.4 is 5.32 Å². The van der Waals surface area contributed by atoms with Gasteiger partial charge in [0.15, 0.2) is 0 Å². The highest BCUT2D eigenvalue weighted by molar-refractivity contribution is 6.44. The molecule has 1 fully saturated rings. The van der Waals surface area contributed by atoms with Crippen LogP contribution in [0.15, 0.2) is 42.5 Å². The second-order valence-electron chi connectivity index (χ2n) is 5.54. The van der Waals surface area contributed by atoms with E-state index in [1.165, 1.54) is 0 Å². The third-order valence-electron chi connectivity index (χ3n) is 3.89. The van der Waals surface area contributed by atoms with Crippen molar-refractivity contribution in [2.45, 2.75) is 0 Å². The first kappa shape index (κ1) is 17.7. The van der Waals surface area contributed by atoms with Gasteiger partial charge in [0.1, 0.15) is 0 Å². The maximum atomic E-state index is 12.4. The molecule has 0 bridgehead atoms. The van der Waals surface area contributed by atoms with Crippen LogP contribution in [0.2, 0.25) is 10.0 Å². The smallest absolute Gasteiger partial charge is 0.255 e. The summed E-state index contributed by atoms with van der Waals surface area (Å²) in [6.45, 7) is 2.25. The van der Waals surface area contributed by atoms with Crippen LogP contribution in [0.5, 0.6) is 0 Å². The Hall–Kier alpha value is -2.08. The second kappa shape index (κ2) is 7.87. The molecule has 0 spiro atoms. The first-order valence-corrected chi connectivity index (χ1v) is 8.54. The molecule has 0 saturated carbocycles. The van der Waals surface area contributed by atoms with Crippen LogP contribution in [0.1, 0.15) is 20.7 Å². The Labute approximate surface area is 155 Å². The maximum absolute atomic E-state index is 12.4. The number of carbonyl (C=O) groups is 2. The molecule has 1 N–H and O–H groups in total. The molecule has 1 aliphatic heterocycles. The minimum Gasteiger partial charge on any atom is -0.378 e. The standard InChI is InChI=1S/C18H16Cl2N2O3/c19-14-2-1-3-15(16(14)20)21-17(23)12-4-6-13(7-5-12)18(24)22-8-10-25-11-9-22/h1-7H,8-11H2,(H,21,23). The summed E-state index contributed by atoms with van der Waals surface area (Å²) >= 11 is 12.0. The van der Waals surface area contributed by atoms with E-state index in [0.29, 0.717) is 48.1 Å². The first-order chi connectivity index (χ1) is 12.1. The highest BCUT2D eigenvalue weighted by Gasteiger charge is 2.19. The molecule has 1 saturated heterocycles. The Kier molecular flexibility index (Phi) is 5.58. The number of hydrogen-bond donors (Lipinski definition) is 1. The van der Waals surface area contributed by atoms with Gasteiger partial charge in [-0.15, -0.1) is 0 Å². The van der Waals surface area contributed by atoms with Crippen molar-refractivity contribution in [3.63, 3.8) is 0 Å². The predicted octanol–water partition coefficient (Wildman–Crippen LogP) is 3.72. The number of rotatable bonds is 3. The van der Waals surface area contributed by atoms with Crippen LogP contribution >= 0.6 is 23.2 Å². The molecule has 2 aromatic rings. The van der Waals surface area contributed by atoms with Crippen molar-refractivity contribution in [1.29, 1.82) is 0 Å².